The Morgan fingerprint density at radius 3 is 2.57 bits per heavy atom. The number of amides is 1. The highest BCUT2D eigenvalue weighted by molar-refractivity contribution is 14.1. The molecule has 2 rings (SSSR count). The quantitative estimate of drug-likeness (QED) is 0.318. The number of nitro benzene ring substituents is 1. The Morgan fingerprint density at radius 1 is 1.19 bits per heavy atom. The van der Waals surface area contributed by atoms with Crippen molar-refractivity contribution in [1.29, 1.82) is 0 Å². The first-order valence-electron chi connectivity index (χ1n) is 5.66. The largest absolute Gasteiger partial charge is 0.507 e. The zero-order valence-electron chi connectivity index (χ0n) is 10.4. The molecule has 0 aliphatic rings. The van der Waals surface area contributed by atoms with Crippen molar-refractivity contribution < 1.29 is 19.9 Å². The molecule has 3 N–H and O–H groups in total. The van der Waals surface area contributed by atoms with Gasteiger partial charge in [0, 0.05) is 9.64 Å². The number of carbonyl (C=O) groups excluding carboxylic acids is 1. The Bertz CT molecular complexity index is 732. The molecule has 0 unspecified atom stereocenters. The highest BCUT2D eigenvalue weighted by atomic mass is 127. The molecule has 0 aromatic heterocycles. The molecule has 7 nitrogen and oxygen atoms in total. The predicted molar refractivity (Wildman–Crippen MR) is 83.5 cm³/mol. The SMILES string of the molecule is O=C(Nc1c(O)cccc1[N+](=O)[O-])c1cc(I)ccc1O. The third-order valence-electron chi connectivity index (χ3n) is 2.66. The topological polar surface area (TPSA) is 113 Å². The number of para-hydroxylation sites is 1. The summed E-state index contributed by atoms with van der Waals surface area (Å²) in [5, 5.41) is 32.5. The monoisotopic (exact) mass is 400 g/mol. The summed E-state index contributed by atoms with van der Waals surface area (Å²) in [4.78, 5) is 22.3. The smallest absolute Gasteiger partial charge is 0.296 e. The third kappa shape index (κ3) is 3.21. The standard InChI is InChI=1S/C13H9IN2O5/c14-7-4-5-10(17)8(6-7)13(19)15-12-9(16(20)21)2-1-3-11(12)18/h1-6,17-18H,(H,15,19). The van der Waals surface area contributed by atoms with Crippen molar-refractivity contribution in [1.82, 2.24) is 0 Å². The van der Waals surface area contributed by atoms with Gasteiger partial charge < -0.3 is 15.5 Å². The van der Waals surface area contributed by atoms with E-state index in [4.69, 9.17) is 0 Å². The number of halogens is 1. The summed E-state index contributed by atoms with van der Waals surface area (Å²) in [5.41, 5.74) is -0.793. The van der Waals surface area contributed by atoms with Crippen molar-refractivity contribution in [2.75, 3.05) is 5.32 Å². The second-order valence-corrected chi connectivity index (χ2v) is 5.29. The van der Waals surface area contributed by atoms with Gasteiger partial charge in [0.25, 0.3) is 11.6 Å². The first-order valence-corrected chi connectivity index (χ1v) is 6.74. The highest BCUT2D eigenvalue weighted by Gasteiger charge is 2.21. The molecule has 0 radical (unpaired) electrons. The molecule has 0 saturated carbocycles. The van der Waals surface area contributed by atoms with Gasteiger partial charge in [0.15, 0.2) is 5.69 Å². The summed E-state index contributed by atoms with van der Waals surface area (Å²) in [6, 6.07) is 8.05. The van der Waals surface area contributed by atoms with Crippen molar-refractivity contribution in [2.45, 2.75) is 0 Å². The Morgan fingerprint density at radius 2 is 1.90 bits per heavy atom. The zero-order chi connectivity index (χ0) is 15.6. The Kier molecular flexibility index (Phi) is 4.26. The van der Waals surface area contributed by atoms with Crippen LogP contribution < -0.4 is 5.32 Å². The van der Waals surface area contributed by atoms with Gasteiger partial charge in [-0.05, 0) is 46.9 Å². The number of rotatable bonds is 3. The van der Waals surface area contributed by atoms with Gasteiger partial charge in [0.2, 0.25) is 0 Å². The van der Waals surface area contributed by atoms with Crippen molar-refractivity contribution in [3.8, 4) is 11.5 Å². The number of nitro groups is 1. The van der Waals surface area contributed by atoms with E-state index in [0.717, 1.165) is 6.07 Å². The minimum Gasteiger partial charge on any atom is -0.507 e. The van der Waals surface area contributed by atoms with Crippen LogP contribution in [-0.4, -0.2) is 21.0 Å². The van der Waals surface area contributed by atoms with Crippen LogP contribution in [0.1, 0.15) is 10.4 Å². The van der Waals surface area contributed by atoms with E-state index in [1.165, 1.54) is 24.3 Å². The van der Waals surface area contributed by atoms with E-state index in [1.54, 1.807) is 6.07 Å². The summed E-state index contributed by atoms with van der Waals surface area (Å²) >= 11 is 1.96. The number of benzene rings is 2. The van der Waals surface area contributed by atoms with Crippen molar-refractivity contribution in [3.05, 3.63) is 55.6 Å². The number of phenols is 2. The second kappa shape index (κ2) is 5.95. The van der Waals surface area contributed by atoms with Gasteiger partial charge >= 0.3 is 0 Å². The minimum atomic E-state index is -0.754. The van der Waals surface area contributed by atoms with Crippen LogP contribution in [0.4, 0.5) is 11.4 Å². The van der Waals surface area contributed by atoms with Gasteiger partial charge in [-0.2, -0.15) is 0 Å². The lowest BCUT2D eigenvalue weighted by molar-refractivity contribution is -0.384. The van der Waals surface area contributed by atoms with E-state index in [0.29, 0.717) is 3.57 Å². The molecule has 0 bridgehead atoms. The molecule has 0 aliphatic heterocycles. The third-order valence-corrected chi connectivity index (χ3v) is 3.33. The van der Waals surface area contributed by atoms with E-state index in [-0.39, 0.29) is 17.0 Å². The number of nitrogens with zero attached hydrogens (tertiary/aromatic N) is 1. The number of phenolic OH excluding ortho intramolecular Hbond substituents is 2. The number of carbonyl (C=O) groups is 1. The van der Waals surface area contributed by atoms with Crippen molar-refractivity contribution in [2.24, 2.45) is 0 Å². The van der Waals surface area contributed by atoms with Gasteiger partial charge in [0.1, 0.15) is 11.5 Å². The molecular formula is C13H9IN2O5. The van der Waals surface area contributed by atoms with Crippen LogP contribution in [0.3, 0.4) is 0 Å². The van der Waals surface area contributed by atoms with Gasteiger partial charge in [-0.3, -0.25) is 14.9 Å². The lowest BCUT2D eigenvalue weighted by Gasteiger charge is -2.09. The fourth-order valence-corrected chi connectivity index (χ4v) is 2.17. The van der Waals surface area contributed by atoms with Crippen LogP contribution in [0.2, 0.25) is 0 Å². The van der Waals surface area contributed by atoms with Gasteiger partial charge in [-0.25, -0.2) is 0 Å². The van der Waals surface area contributed by atoms with Crippen LogP contribution in [-0.2, 0) is 0 Å². The Hall–Kier alpha value is -2.36. The average Bonchev–Trinajstić information content (AvgIpc) is 2.43. The number of anilines is 1. The van der Waals surface area contributed by atoms with Gasteiger partial charge in [-0.1, -0.05) is 6.07 Å². The molecule has 2 aromatic rings. The van der Waals surface area contributed by atoms with E-state index in [2.05, 4.69) is 5.32 Å². The molecule has 1 amide bonds. The van der Waals surface area contributed by atoms with E-state index in [1.807, 2.05) is 22.6 Å². The number of hydrogen-bond donors (Lipinski definition) is 3. The minimum absolute atomic E-state index is 0.0422. The van der Waals surface area contributed by atoms with Crippen molar-refractivity contribution in [3.63, 3.8) is 0 Å². The van der Waals surface area contributed by atoms with Crippen LogP contribution in [0, 0.1) is 13.7 Å². The summed E-state index contributed by atoms with van der Waals surface area (Å²) in [5.74, 6) is -1.44. The number of nitrogens with one attached hydrogen (secondary N) is 1. The summed E-state index contributed by atoms with van der Waals surface area (Å²) in [7, 11) is 0. The van der Waals surface area contributed by atoms with Gasteiger partial charge in [0.05, 0.1) is 10.5 Å². The average molecular weight is 400 g/mol. The maximum Gasteiger partial charge on any atom is 0.296 e. The first kappa shape index (κ1) is 15.0. The van der Waals surface area contributed by atoms with Crippen LogP contribution in [0.5, 0.6) is 11.5 Å². The van der Waals surface area contributed by atoms with E-state index >= 15 is 0 Å². The molecule has 0 fully saturated rings. The normalized spacial score (nSPS) is 10.1. The lowest BCUT2D eigenvalue weighted by Crippen LogP contribution is -2.13. The maximum atomic E-state index is 12.1. The number of aromatic hydroxyl groups is 2. The second-order valence-electron chi connectivity index (χ2n) is 4.04. The number of hydrogen-bond acceptors (Lipinski definition) is 5. The Labute approximate surface area is 132 Å². The Balaban J connectivity index is 2.41. The van der Waals surface area contributed by atoms with Gasteiger partial charge in [-0.15, -0.1) is 0 Å². The molecular weight excluding hydrogens is 391 g/mol. The van der Waals surface area contributed by atoms with E-state index in [9.17, 15) is 25.1 Å². The highest BCUT2D eigenvalue weighted by Crippen LogP contribution is 2.34. The molecule has 0 heterocycles. The van der Waals surface area contributed by atoms with E-state index < -0.39 is 22.3 Å². The molecule has 0 saturated heterocycles. The lowest BCUT2D eigenvalue weighted by atomic mass is 10.1. The molecule has 108 valence electrons. The first-order chi connectivity index (χ1) is 9.90. The fourth-order valence-electron chi connectivity index (χ4n) is 1.68. The molecule has 0 spiro atoms. The van der Waals surface area contributed by atoms with Crippen LogP contribution in [0.25, 0.3) is 0 Å². The molecule has 0 aliphatic carbocycles. The van der Waals surface area contributed by atoms with Crippen LogP contribution >= 0.6 is 22.6 Å². The molecule has 8 heteroatoms. The maximum absolute atomic E-state index is 12.1. The summed E-state index contributed by atoms with van der Waals surface area (Å²) in [6.07, 6.45) is 0. The fraction of sp³-hybridized carbons (Fsp3) is 0. The zero-order valence-corrected chi connectivity index (χ0v) is 12.6. The molecule has 21 heavy (non-hydrogen) atoms. The summed E-state index contributed by atoms with van der Waals surface area (Å²) < 4.78 is 0.710. The van der Waals surface area contributed by atoms with Crippen molar-refractivity contribution >= 4 is 39.9 Å². The van der Waals surface area contributed by atoms with Crippen LogP contribution in [0.15, 0.2) is 36.4 Å². The molecule has 0 atom stereocenters. The predicted octanol–water partition coefficient (Wildman–Crippen LogP) is 2.86. The molecule has 2 aromatic carbocycles. The summed E-state index contributed by atoms with van der Waals surface area (Å²) in [6.45, 7) is 0.